The van der Waals surface area contributed by atoms with Gasteiger partial charge in [-0.2, -0.15) is 0 Å². The van der Waals surface area contributed by atoms with Gasteiger partial charge in [-0.05, 0) is 39.3 Å². The Hall–Kier alpha value is -0.160. The molecule has 0 bridgehead atoms. The summed E-state index contributed by atoms with van der Waals surface area (Å²) in [6.45, 7) is 3.07. The van der Waals surface area contributed by atoms with Gasteiger partial charge in [0.05, 0.1) is 13.2 Å². The van der Waals surface area contributed by atoms with E-state index in [0.717, 1.165) is 32.6 Å². The molecule has 0 aromatic rings. The van der Waals surface area contributed by atoms with E-state index in [2.05, 4.69) is 17.3 Å². The molecule has 0 aromatic heterocycles. The molecule has 2 unspecified atom stereocenters. The van der Waals surface area contributed by atoms with Crippen LogP contribution in [0, 0.1) is 0 Å². The van der Waals surface area contributed by atoms with Crippen molar-refractivity contribution >= 4 is 0 Å². The number of ether oxygens (including phenoxy) is 1. The van der Waals surface area contributed by atoms with Crippen LogP contribution in [0.4, 0.5) is 0 Å². The topological polar surface area (TPSA) is 44.7 Å². The predicted molar refractivity (Wildman–Crippen MR) is 63.5 cm³/mol. The maximum Gasteiger partial charge on any atom is 0.0622 e. The van der Waals surface area contributed by atoms with E-state index in [0.29, 0.717) is 12.1 Å². The fraction of sp³-hybridized carbons (Fsp3) is 1.00. The van der Waals surface area contributed by atoms with E-state index in [-0.39, 0.29) is 12.6 Å². The summed E-state index contributed by atoms with van der Waals surface area (Å²) in [4.78, 5) is 2.37. The number of hydrogen-bond acceptors (Lipinski definition) is 4. The van der Waals surface area contributed by atoms with Gasteiger partial charge in [0, 0.05) is 24.7 Å². The zero-order valence-corrected chi connectivity index (χ0v) is 10.2. The highest BCUT2D eigenvalue weighted by Crippen LogP contribution is 2.20. The third kappa shape index (κ3) is 3.70. The highest BCUT2D eigenvalue weighted by Gasteiger charge is 2.25. The lowest BCUT2D eigenvalue weighted by molar-refractivity contribution is 0.151. The zero-order valence-electron chi connectivity index (χ0n) is 10.2. The van der Waals surface area contributed by atoms with E-state index in [1.165, 1.54) is 12.8 Å². The standard InChI is InChI=1S/C12H24N2O2/c1-14(12-5-7-16-9-12)6-4-11(8-15)13-10-2-3-10/h10-13,15H,2-9H2,1H3. The highest BCUT2D eigenvalue weighted by atomic mass is 16.5. The van der Waals surface area contributed by atoms with Crippen molar-refractivity contribution in [1.29, 1.82) is 0 Å². The first-order valence-corrected chi connectivity index (χ1v) is 6.44. The summed E-state index contributed by atoms with van der Waals surface area (Å²) in [6, 6.07) is 1.54. The Kier molecular flexibility index (Phi) is 4.58. The Balaban J connectivity index is 1.63. The molecule has 2 fully saturated rings. The van der Waals surface area contributed by atoms with Crippen LogP contribution in [0.25, 0.3) is 0 Å². The molecule has 1 aliphatic heterocycles. The third-order valence-corrected chi connectivity index (χ3v) is 3.63. The molecule has 0 aromatic carbocycles. The minimum atomic E-state index is 0.255. The molecule has 1 saturated heterocycles. The molecule has 94 valence electrons. The van der Waals surface area contributed by atoms with Crippen molar-refractivity contribution in [2.75, 3.05) is 33.4 Å². The maximum absolute atomic E-state index is 9.28. The molecule has 4 nitrogen and oxygen atoms in total. The summed E-state index contributed by atoms with van der Waals surface area (Å²) in [5.74, 6) is 0. The third-order valence-electron chi connectivity index (χ3n) is 3.63. The second-order valence-electron chi connectivity index (χ2n) is 5.11. The van der Waals surface area contributed by atoms with Gasteiger partial charge in [0.15, 0.2) is 0 Å². The Morgan fingerprint density at radius 1 is 1.44 bits per heavy atom. The highest BCUT2D eigenvalue weighted by molar-refractivity contribution is 4.85. The largest absolute Gasteiger partial charge is 0.395 e. The molecule has 1 aliphatic carbocycles. The number of aliphatic hydroxyl groups excluding tert-OH is 1. The van der Waals surface area contributed by atoms with Crippen LogP contribution in [0.3, 0.4) is 0 Å². The van der Waals surface area contributed by atoms with E-state index in [9.17, 15) is 5.11 Å². The van der Waals surface area contributed by atoms with Crippen LogP contribution in [-0.2, 0) is 4.74 Å². The second kappa shape index (κ2) is 5.96. The first-order valence-electron chi connectivity index (χ1n) is 6.44. The second-order valence-corrected chi connectivity index (χ2v) is 5.11. The lowest BCUT2D eigenvalue weighted by atomic mass is 10.1. The molecule has 0 spiro atoms. The van der Waals surface area contributed by atoms with Gasteiger partial charge in [-0.1, -0.05) is 0 Å². The summed E-state index contributed by atoms with van der Waals surface area (Å²) in [6.07, 6.45) is 4.74. The molecule has 4 heteroatoms. The Morgan fingerprint density at radius 3 is 2.81 bits per heavy atom. The van der Waals surface area contributed by atoms with Gasteiger partial charge in [0.1, 0.15) is 0 Å². The number of likely N-dealkylation sites (N-methyl/N-ethyl adjacent to an activating group) is 1. The van der Waals surface area contributed by atoms with E-state index >= 15 is 0 Å². The molecule has 1 saturated carbocycles. The summed E-state index contributed by atoms with van der Waals surface area (Å²) in [5, 5.41) is 12.8. The molecule has 2 atom stereocenters. The van der Waals surface area contributed by atoms with Gasteiger partial charge in [-0.25, -0.2) is 0 Å². The molecule has 2 aliphatic rings. The van der Waals surface area contributed by atoms with Gasteiger partial charge in [-0.3, -0.25) is 0 Å². The van der Waals surface area contributed by atoms with Gasteiger partial charge in [-0.15, -0.1) is 0 Å². The molecule has 0 radical (unpaired) electrons. The molecular weight excluding hydrogens is 204 g/mol. The molecular formula is C12H24N2O2. The van der Waals surface area contributed by atoms with Gasteiger partial charge in [0.25, 0.3) is 0 Å². The van der Waals surface area contributed by atoms with Gasteiger partial charge < -0.3 is 20.1 Å². The summed E-state index contributed by atoms with van der Waals surface area (Å²) in [5.41, 5.74) is 0. The average Bonchev–Trinajstić information content (AvgIpc) is 2.94. The quantitative estimate of drug-likeness (QED) is 0.654. The summed E-state index contributed by atoms with van der Waals surface area (Å²) < 4.78 is 5.38. The Labute approximate surface area is 98.0 Å². The fourth-order valence-electron chi connectivity index (χ4n) is 2.22. The lowest BCUT2D eigenvalue weighted by Crippen LogP contribution is -2.40. The first-order chi connectivity index (χ1) is 7.79. The van der Waals surface area contributed by atoms with Crippen molar-refractivity contribution in [3.8, 4) is 0 Å². The fourth-order valence-corrected chi connectivity index (χ4v) is 2.22. The molecule has 0 amide bonds. The van der Waals surface area contributed by atoms with Crippen molar-refractivity contribution in [3.05, 3.63) is 0 Å². The van der Waals surface area contributed by atoms with Crippen LogP contribution in [-0.4, -0.2) is 61.5 Å². The van der Waals surface area contributed by atoms with Crippen molar-refractivity contribution in [1.82, 2.24) is 10.2 Å². The summed E-state index contributed by atoms with van der Waals surface area (Å²) in [7, 11) is 2.16. The Morgan fingerprint density at radius 2 is 2.25 bits per heavy atom. The van der Waals surface area contributed by atoms with Gasteiger partial charge >= 0.3 is 0 Å². The van der Waals surface area contributed by atoms with Crippen molar-refractivity contribution in [2.45, 2.75) is 43.8 Å². The molecule has 2 N–H and O–H groups in total. The minimum Gasteiger partial charge on any atom is -0.395 e. The number of rotatable bonds is 7. The monoisotopic (exact) mass is 228 g/mol. The zero-order chi connectivity index (χ0) is 11.4. The molecule has 2 rings (SSSR count). The number of nitrogens with zero attached hydrogens (tertiary/aromatic N) is 1. The maximum atomic E-state index is 9.28. The minimum absolute atomic E-state index is 0.255. The van der Waals surface area contributed by atoms with E-state index in [1.807, 2.05) is 0 Å². The summed E-state index contributed by atoms with van der Waals surface area (Å²) >= 11 is 0. The number of hydrogen-bond donors (Lipinski definition) is 2. The first kappa shape index (κ1) is 12.3. The molecule has 16 heavy (non-hydrogen) atoms. The number of nitrogens with one attached hydrogen (secondary N) is 1. The van der Waals surface area contributed by atoms with E-state index in [4.69, 9.17) is 4.74 Å². The normalized spacial score (nSPS) is 27.6. The van der Waals surface area contributed by atoms with Crippen LogP contribution < -0.4 is 5.32 Å². The van der Waals surface area contributed by atoms with Crippen LogP contribution in [0.1, 0.15) is 25.7 Å². The Bertz CT molecular complexity index is 201. The van der Waals surface area contributed by atoms with Crippen molar-refractivity contribution in [3.63, 3.8) is 0 Å². The van der Waals surface area contributed by atoms with Crippen LogP contribution >= 0.6 is 0 Å². The van der Waals surface area contributed by atoms with Crippen molar-refractivity contribution in [2.24, 2.45) is 0 Å². The van der Waals surface area contributed by atoms with Crippen LogP contribution in [0.5, 0.6) is 0 Å². The predicted octanol–water partition coefficient (Wildman–Crippen LogP) is 0.210. The van der Waals surface area contributed by atoms with Gasteiger partial charge in [0.2, 0.25) is 0 Å². The number of aliphatic hydroxyl groups is 1. The molecule has 1 heterocycles. The van der Waals surface area contributed by atoms with Crippen molar-refractivity contribution < 1.29 is 9.84 Å². The SMILES string of the molecule is CN(CCC(CO)NC1CC1)C1CCOC1. The van der Waals surface area contributed by atoms with Crippen LogP contribution in [0.15, 0.2) is 0 Å². The van der Waals surface area contributed by atoms with E-state index in [1.54, 1.807) is 0 Å². The average molecular weight is 228 g/mol. The smallest absolute Gasteiger partial charge is 0.0622 e. The van der Waals surface area contributed by atoms with Crippen LogP contribution in [0.2, 0.25) is 0 Å². The van der Waals surface area contributed by atoms with E-state index < -0.39 is 0 Å². The lowest BCUT2D eigenvalue weighted by Gasteiger charge is -2.25.